The first-order valence-electron chi connectivity index (χ1n) is 10.8. The number of carbonyl (C=O) groups is 2. The van der Waals surface area contributed by atoms with Crippen LogP contribution in [0.5, 0.6) is 5.75 Å². The Labute approximate surface area is 219 Å². The van der Waals surface area contributed by atoms with Gasteiger partial charge in [0.1, 0.15) is 17.9 Å². The zero-order chi connectivity index (χ0) is 25.4. The van der Waals surface area contributed by atoms with Crippen molar-refractivity contribution in [2.45, 2.75) is 20.5 Å². The van der Waals surface area contributed by atoms with E-state index in [-0.39, 0.29) is 10.7 Å². The summed E-state index contributed by atoms with van der Waals surface area (Å²) in [5, 5.41) is 1.32. The third-order valence-electron chi connectivity index (χ3n) is 5.92. The number of hydrogen-bond donors (Lipinski definition) is 0. The third-order valence-corrected chi connectivity index (χ3v) is 7.05. The predicted molar refractivity (Wildman–Crippen MR) is 142 cm³/mol. The summed E-state index contributed by atoms with van der Waals surface area (Å²) in [7, 11) is 3.13. The molecule has 0 saturated carbocycles. The number of benzene rings is 2. The molecule has 2 heterocycles. The number of likely N-dealkylation sites (N-methyl/N-ethyl adjacent to an activating group) is 2. The van der Waals surface area contributed by atoms with Gasteiger partial charge < -0.3 is 9.30 Å². The minimum Gasteiger partial charge on any atom is -0.489 e. The monoisotopic (exact) mass is 527 g/mol. The number of nitrogens with zero attached hydrogens (tertiary/aromatic N) is 3. The van der Waals surface area contributed by atoms with Gasteiger partial charge in [0.15, 0.2) is 5.11 Å². The van der Waals surface area contributed by atoms with E-state index < -0.39 is 11.8 Å². The highest BCUT2D eigenvalue weighted by Gasteiger charge is 2.35. The van der Waals surface area contributed by atoms with Crippen molar-refractivity contribution in [3.8, 4) is 11.4 Å². The number of halogens is 2. The molecule has 4 rings (SSSR count). The van der Waals surface area contributed by atoms with Crippen molar-refractivity contribution in [2.75, 3.05) is 14.1 Å². The first-order valence-corrected chi connectivity index (χ1v) is 11.9. The van der Waals surface area contributed by atoms with E-state index in [1.54, 1.807) is 32.3 Å². The molecule has 1 aliphatic heterocycles. The first kappa shape index (κ1) is 25.0. The second-order valence-electron chi connectivity index (χ2n) is 8.25. The molecule has 0 spiro atoms. The Hall–Kier alpha value is -3.13. The maximum Gasteiger partial charge on any atom is 0.265 e. The summed E-state index contributed by atoms with van der Waals surface area (Å²) < 4.78 is 7.94. The lowest BCUT2D eigenvalue weighted by atomic mass is 10.1. The number of aryl methyl sites for hydroxylation is 1. The quantitative estimate of drug-likeness (QED) is 0.247. The molecule has 2 amide bonds. The van der Waals surface area contributed by atoms with Crippen LogP contribution in [-0.2, 0) is 16.2 Å². The molecule has 1 aliphatic rings. The highest BCUT2D eigenvalue weighted by Crippen LogP contribution is 2.27. The molecule has 1 fully saturated rings. The molecule has 2 aromatic carbocycles. The molecule has 0 N–H and O–H groups in total. The number of rotatable bonds is 5. The molecule has 9 heteroatoms. The Morgan fingerprint density at radius 2 is 1.57 bits per heavy atom. The summed E-state index contributed by atoms with van der Waals surface area (Å²) >= 11 is 17.3. The predicted octanol–water partition coefficient (Wildman–Crippen LogP) is 5.58. The van der Waals surface area contributed by atoms with Gasteiger partial charge in [0.05, 0.1) is 0 Å². The van der Waals surface area contributed by atoms with E-state index in [4.69, 9.17) is 40.2 Å². The molecular formula is C26H23Cl2N3O3S. The Balaban J connectivity index is 1.57. The van der Waals surface area contributed by atoms with Crippen molar-refractivity contribution in [1.82, 2.24) is 14.4 Å². The number of amides is 2. The summed E-state index contributed by atoms with van der Waals surface area (Å²) in [6.07, 6.45) is 1.63. The van der Waals surface area contributed by atoms with Crippen LogP contribution in [0.1, 0.15) is 22.5 Å². The maximum absolute atomic E-state index is 12.7. The number of hydrogen-bond acceptors (Lipinski definition) is 4. The normalized spacial score (nSPS) is 14.1. The zero-order valence-corrected chi connectivity index (χ0v) is 22.0. The lowest BCUT2D eigenvalue weighted by Crippen LogP contribution is -2.52. The number of carbonyl (C=O) groups excluding carboxylic acids is 2. The van der Waals surface area contributed by atoms with Crippen LogP contribution < -0.4 is 4.74 Å². The fraction of sp³-hybridized carbons (Fsp3) is 0.192. The van der Waals surface area contributed by atoms with Crippen LogP contribution in [0.15, 0.2) is 54.1 Å². The van der Waals surface area contributed by atoms with E-state index in [1.165, 1.54) is 9.80 Å². The Bertz CT molecular complexity index is 1350. The molecule has 0 radical (unpaired) electrons. The Morgan fingerprint density at radius 1 is 0.943 bits per heavy atom. The van der Waals surface area contributed by atoms with Gasteiger partial charge in [0.2, 0.25) is 0 Å². The summed E-state index contributed by atoms with van der Waals surface area (Å²) in [5.41, 5.74) is 4.50. The molecule has 3 aromatic rings. The van der Waals surface area contributed by atoms with Crippen LogP contribution in [0.25, 0.3) is 11.8 Å². The molecule has 180 valence electrons. The fourth-order valence-electron chi connectivity index (χ4n) is 3.95. The van der Waals surface area contributed by atoms with Crippen LogP contribution in [0.4, 0.5) is 0 Å². The van der Waals surface area contributed by atoms with Gasteiger partial charge in [0.25, 0.3) is 11.8 Å². The van der Waals surface area contributed by atoms with Crippen molar-refractivity contribution in [2.24, 2.45) is 0 Å². The van der Waals surface area contributed by atoms with Crippen molar-refractivity contribution in [3.05, 3.63) is 86.7 Å². The molecule has 1 aromatic heterocycles. The van der Waals surface area contributed by atoms with Gasteiger partial charge in [-0.2, -0.15) is 0 Å². The highest BCUT2D eigenvalue weighted by atomic mass is 35.5. The second-order valence-corrected chi connectivity index (χ2v) is 9.46. The van der Waals surface area contributed by atoms with E-state index in [0.717, 1.165) is 28.2 Å². The van der Waals surface area contributed by atoms with Crippen LogP contribution >= 0.6 is 35.4 Å². The average molecular weight is 528 g/mol. The first-order chi connectivity index (χ1) is 16.6. The van der Waals surface area contributed by atoms with E-state index in [1.807, 2.05) is 50.2 Å². The highest BCUT2D eigenvalue weighted by molar-refractivity contribution is 7.80. The van der Waals surface area contributed by atoms with Crippen LogP contribution in [-0.4, -0.2) is 45.4 Å². The summed E-state index contributed by atoms with van der Waals surface area (Å²) in [6, 6.07) is 14.9. The van der Waals surface area contributed by atoms with Crippen molar-refractivity contribution in [1.29, 1.82) is 0 Å². The van der Waals surface area contributed by atoms with Gasteiger partial charge in [-0.15, -0.1) is 0 Å². The average Bonchev–Trinajstić information content (AvgIpc) is 3.11. The van der Waals surface area contributed by atoms with E-state index in [9.17, 15) is 9.59 Å². The van der Waals surface area contributed by atoms with Crippen LogP contribution in [0.2, 0.25) is 10.0 Å². The third kappa shape index (κ3) is 4.85. The second kappa shape index (κ2) is 9.85. The fourth-order valence-corrected chi connectivity index (χ4v) is 4.58. The van der Waals surface area contributed by atoms with Crippen molar-refractivity contribution < 1.29 is 14.3 Å². The smallest absolute Gasteiger partial charge is 0.265 e. The van der Waals surface area contributed by atoms with E-state index in [2.05, 4.69) is 4.57 Å². The number of ether oxygens (including phenoxy) is 1. The van der Waals surface area contributed by atoms with Gasteiger partial charge in [-0.1, -0.05) is 29.3 Å². The van der Waals surface area contributed by atoms with Crippen LogP contribution in [0.3, 0.4) is 0 Å². The number of aromatic nitrogens is 1. The van der Waals surface area contributed by atoms with Gasteiger partial charge in [0, 0.05) is 46.8 Å². The molecule has 0 unspecified atom stereocenters. The van der Waals surface area contributed by atoms with Gasteiger partial charge in [-0.25, -0.2) is 0 Å². The summed E-state index contributed by atoms with van der Waals surface area (Å²) in [5.74, 6) is -0.125. The van der Waals surface area contributed by atoms with Crippen molar-refractivity contribution >= 4 is 58.4 Å². The number of thiocarbonyl (C=S) groups is 1. The SMILES string of the molecule is Cc1cc(C=C2C(=O)N(C)C(=S)N(C)C2=O)c(C)n1-c1ccc(OCc2ccc(Cl)cc2Cl)cc1. The Morgan fingerprint density at radius 3 is 2.17 bits per heavy atom. The zero-order valence-electron chi connectivity index (χ0n) is 19.6. The maximum atomic E-state index is 12.7. The minimum atomic E-state index is -0.412. The minimum absolute atomic E-state index is 0.0773. The Kier molecular flexibility index (Phi) is 7.03. The topological polar surface area (TPSA) is 54.8 Å². The molecular weight excluding hydrogens is 505 g/mol. The standard InChI is InChI=1S/C26H23Cl2N3O3S/c1-15-11-18(12-22-24(32)29(3)26(35)30(4)25(22)33)16(2)31(15)20-7-9-21(10-8-20)34-14-17-5-6-19(27)13-23(17)28/h5-13H,14H2,1-4H3. The van der Waals surface area contributed by atoms with Gasteiger partial charge in [-0.3, -0.25) is 19.4 Å². The lowest BCUT2D eigenvalue weighted by Gasteiger charge is -2.31. The van der Waals surface area contributed by atoms with E-state index >= 15 is 0 Å². The summed E-state index contributed by atoms with van der Waals surface area (Å²) in [6.45, 7) is 4.24. The molecule has 0 atom stereocenters. The molecule has 0 aliphatic carbocycles. The van der Waals surface area contributed by atoms with Crippen molar-refractivity contribution in [3.63, 3.8) is 0 Å². The van der Waals surface area contributed by atoms with E-state index in [0.29, 0.717) is 22.4 Å². The molecule has 35 heavy (non-hydrogen) atoms. The van der Waals surface area contributed by atoms with Gasteiger partial charge in [-0.05, 0) is 80.2 Å². The molecule has 0 bridgehead atoms. The van der Waals surface area contributed by atoms with Crippen LogP contribution in [0, 0.1) is 13.8 Å². The molecule has 1 saturated heterocycles. The van der Waals surface area contributed by atoms with Gasteiger partial charge >= 0.3 is 0 Å². The molecule has 6 nitrogen and oxygen atoms in total. The summed E-state index contributed by atoms with van der Waals surface area (Å²) in [4.78, 5) is 28.0. The lowest BCUT2D eigenvalue weighted by molar-refractivity contribution is -0.132. The largest absolute Gasteiger partial charge is 0.489 e.